The van der Waals surface area contributed by atoms with Gasteiger partial charge in [-0.2, -0.15) is 0 Å². The molecule has 0 fully saturated rings. The Labute approximate surface area is 115 Å². The molecule has 2 aromatic rings. The molecule has 0 bridgehead atoms. The van der Waals surface area contributed by atoms with Crippen molar-refractivity contribution in [1.29, 1.82) is 0 Å². The maximum absolute atomic E-state index is 13.4. The summed E-state index contributed by atoms with van der Waals surface area (Å²) in [5, 5.41) is 13.9. The number of hydrogen-bond acceptors (Lipinski definition) is 3. The fraction of sp³-hybridized carbons (Fsp3) is 0.200. The fourth-order valence-electron chi connectivity index (χ4n) is 2.67. The second-order valence-electron chi connectivity index (χ2n) is 4.89. The van der Waals surface area contributed by atoms with E-state index >= 15 is 0 Å². The number of nitro benzene ring substituents is 1. The quantitative estimate of drug-likeness (QED) is 0.682. The predicted molar refractivity (Wildman–Crippen MR) is 74.2 cm³/mol. The van der Waals surface area contributed by atoms with Crippen molar-refractivity contribution >= 4 is 11.4 Å². The molecule has 2 aromatic carbocycles. The Balaban J connectivity index is 1.88. The van der Waals surface area contributed by atoms with Crippen LogP contribution in [0.3, 0.4) is 0 Å². The number of aryl methyl sites for hydroxylation is 1. The molecule has 5 heteroatoms. The molecule has 0 amide bonds. The third-order valence-electron chi connectivity index (χ3n) is 3.57. The van der Waals surface area contributed by atoms with Gasteiger partial charge >= 0.3 is 0 Å². The zero-order valence-electron chi connectivity index (χ0n) is 10.7. The van der Waals surface area contributed by atoms with Gasteiger partial charge < -0.3 is 5.32 Å². The van der Waals surface area contributed by atoms with E-state index in [0.717, 1.165) is 18.9 Å². The van der Waals surface area contributed by atoms with Gasteiger partial charge in [0, 0.05) is 11.8 Å². The zero-order chi connectivity index (χ0) is 14.1. The van der Waals surface area contributed by atoms with Gasteiger partial charge in [-0.1, -0.05) is 24.3 Å². The number of nitrogens with zero attached hydrogens (tertiary/aromatic N) is 1. The van der Waals surface area contributed by atoms with Crippen molar-refractivity contribution in [3.63, 3.8) is 0 Å². The van der Waals surface area contributed by atoms with Crippen LogP contribution in [-0.2, 0) is 6.42 Å². The lowest BCUT2D eigenvalue weighted by atomic mass is 10.1. The second-order valence-corrected chi connectivity index (χ2v) is 4.89. The summed E-state index contributed by atoms with van der Waals surface area (Å²) in [6.07, 6.45) is 1.87. The van der Waals surface area contributed by atoms with Crippen LogP contribution in [0.2, 0.25) is 0 Å². The molecule has 20 heavy (non-hydrogen) atoms. The Kier molecular flexibility index (Phi) is 3.10. The number of nitrogens with one attached hydrogen (secondary N) is 1. The van der Waals surface area contributed by atoms with Gasteiger partial charge in [0.25, 0.3) is 5.69 Å². The van der Waals surface area contributed by atoms with E-state index < -0.39 is 10.7 Å². The van der Waals surface area contributed by atoms with Crippen LogP contribution < -0.4 is 5.32 Å². The summed E-state index contributed by atoms with van der Waals surface area (Å²) in [6.45, 7) is 0. The minimum atomic E-state index is -0.604. The maximum atomic E-state index is 13.4. The van der Waals surface area contributed by atoms with Gasteiger partial charge in [-0.05, 0) is 30.0 Å². The standard InChI is InChI=1S/C15H13FN2O2/c16-11-7-12(9-13(8-11)18(19)20)17-15-6-5-10-3-1-2-4-14(10)15/h1-4,7-9,15,17H,5-6H2. The molecule has 1 aliphatic carbocycles. The monoisotopic (exact) mass is 272 g/mol. The van der Waals surface area contributed by atoms with Crippen molar-refractivity contribution < 1.29 is 9.31 Å². The van der Waals surface area contributed by atoms with Gasteiger partial charge in [-0.15, -0.1) is 0 Å². The van der Waals surface area contributed by atoms with Crippen molar-refractivity contribution in [2.45, 2.75) is 18.9 Å². The first-order chi connectivity index (χ1) is 9.63. The van der Waals surface area contributed by atoms with Gasteiger partial charge in [0.2, 0.25) is 0 Å². The highest BCUT2D eigenvalue weighted by Gasteiger charge is 2.22. The summed E-state index contributed by atoms with van der Waals surface area (Å²) < 4.78 is 13.4. The first-order valence-corrected chi connectivity index (χ1v) is 6.43. The van der Waals surface area contributed by atoms with Crippen LogP contribution in [-0.4, -0.2) is 4.92 Å². The molecule has 0 spiro atoms. The van der Waals surface area contributed by atoms with Crippen molar-refractivity contribution in [2.24, 2.45) is 0 Å². The van der Waals surface area contributed by atoms with E-state index in [1.165, 1.54) is 23.3 Å². The molecule has 0 saturated heterocycles. The van der Waals surface area contributed by atoms with E-state index in [1.807, 2.05) is 18.2 Å². The smallest absolute Gasteiger partial charge is 0.274 e. The first kappa shape index (κ1) is 12.6. The normalized spacial score (nSPS) is 16.8. The Morgan fingerprint density at radius 1 is 1.25 bits per heavy atom. The average molecular weight is 272 g/mol. The van der Waals surface area contributed by atoms with Crippen LogP contribution in [0, 0.1) is 15.9 Å². The van der Waals surface area contributed by atoms with Gasteiger partial charge in [0.05, 0.1) is 17.0 Å². The van der Waals surface area contributed by atoms with Gasteiger partial charge in [0.1, 0.15) is 5.82 Å². The number of non-ortho nitro benzene ring substituents is 1. The topological polar surface area (TPSA) is 55.2 Å². The molecule has 1 unspecified atom stereocenters. The highest BCUT2D eigenvalue weighted by atomic mass is 19.1. The summed E-state index contributed by atoms with van der Waals surface area (Å²) in [4.78, 5) is 10.2. The Morgan fingerprint density at radius 2 is 2.05 bits per heavy atom. The highest BCUT2D eigenvalue weighted by Crippen LogP contribution is 2.34. The summed E-state index contributed by atoms with van der Waals surface area (Å²) >= 11 is 0. The average Bonchev–Trinajstić information content (AvgIpc) is 2.82. The molecular weight excluding hydrogens is 259 g/mol. The van der Waals surface area contributed by atoms with Crippen LogP contribution in [0.1, 0.15) is 23.6 Å². The Hall–Kier alpha value is -2.43. The molecule has 1 N–H and O–H groups in total. The SMILES string of the molecule is O=[N+]([O-])c1cc(F)cc(NC2CCc3ccccc32)c1. The Morgan fingerprint density at radius 3 is 2.85 bits per heavy atom. The van der Waals surface area contributed by atoms with E-state index in [9.17, 15) is 14.5 Å². The molecule has 0 aliphatic heterocycles. The predicted octanol–water partition coefficient (Wildman–Crippen LogP) is 3.83. The van der Waals surface area contributed by atoms with Gasteiger partial charge in [-0.3, -0.25) is 10.1 Å². The van der Waals surface area contributed by atoms with Crippen molar-refractivity contribution in [3.05, 3.63) is 69.5 Å². The number of halogens is 1. The summed E-state index contributed by atoms with van der Waals surface area (Å²) in [6, 6.07) is 11.7. The van der Waals surface area contributed by atoms with Crippen LogP contribution >= 0.6 is 0 Å². The van der Waals surface area contributed by atoms with Crippen LogP contribution in [0.5, 0.6) is 0 Å². The largest absolute Gasteiger partial charge is 0.378 e. The van der Waals surface area contributed by atoms with Gasteiger partial charge in [0.15, 0.2) is 0 Å². The van der Waals surface area contributed by atoms with Crippen molar-refractivity contribution in [2.75, 3.05) is 5.32 Å². The maximum Gasteiger partial charge on any atom is 0.274 e. The lowest BCUT2D eigenvalue weighted by Gasteiger charge is -2.15. The first-order valence-electron chi connectivity index (χ1n) is 6.43. The third kappa shape index (κ3) is 2.34. The summed E-state index contributed by atoms with van der Waals surface area (Å²) in [5.74, 6) is -0.604. The van der Waals surface area contributed by atoms with Crippen molar-refractivity contribution in [1.82, 2.24) is 0 Å². The third-order valence-corrected chi connectivity index (χ3v) is 3.57. The minimum Gasteiger partial charge on any atom is -0.378 e. The van der Waals surface area contributed by atoms with E-state index in [1.54, 1.807) is 0 Å². The van der Waals surface area contributed by atoms with Crippen molar-refractivity contribution in [3.8, 4) is 0 Å². The lowest BCUT2D eigenvalue weighted by Crippen LogP contribution is -2.07. The molecule has 0 aromatic heterocycles. The van der Waals surface area contributed by atoms with E-state index in [0.29, 0.717) is 5.69 Å². The molecule has 3 rings (SSSR count). The second kappa shape index (κ2) is 4.92. The number of nitro groups is 1. The molecule has 1 aliphatic rings. The number of fused-ring (bicyclic) bond motifs is 1. The van der Waals surface area contributed by atoms with E-state index in [-0.39, 0.29) is 11.7 Å². The van der Waals surface area contributed by atoms with E-state index in [4.69, 9.17) is 0 Å². The minimum absolute atomic E-state index is 0.0765. The molecular formula is C15H13FN2O2. The molecule has 0 radical (unpaired) electrons. The zero-order valence-corrected chi connectivity index (χ0v) is 10.7. The number of anilines is 1. The highest BCUT2D eigenvalue weighted by molar-refractivity contribution is 5.54. The molecule has 0 saturated carbocycles. The fourth-order valence-corrected chi connectivity index (χ4v) is 2.67. The van der Waals surface area contributed by atoms with Crippen LogP contribution in [0.15, 0.2) is 42.5 Å². The molecule has 1 atom stereocenters. The number of hydrogen-bond donors (Lipinski definition) is 1. The van der Waals surface area contributed by atoms with Gasteiger partial charge in [-0.25, -0.2) is 4.39 Å². The summed E-state index contributed by atoms with van der Waals surface area (Å²) in [5.41, 5.74) is 2.66. The van der Waals surface area contributed by atoms with Crippen LogP contribution in [0.25, 0.3) is 0 Å². The summed E-state index contributed by atoms with van der Waals surface area (Å²) in [7, 11) is 0. The number of benzene rings is 2. The number of rotatable bonds is 3. The lowest BCUT2D eigenvalue weighted by molar-refractivity contribution is -0.385. The van der Waals surface area contributed by atoms with Crippen LogP contribution in [0.4, 0.5) is 15.8 Å². The van der Waals surface area contributed by atoms with E-state index in [2.05, 4.69) is 11.4 Å². The molecule has 4 nitrogen and oxygen atoms in total. The molecule has 0 heterocycles. The molecule has 102 valence electrons. The Bertz CT molecular complexity index is 673.